The van der Waals surface area contributed by atoms with Gasteiger partial charge in [-0.05, 0) is 48.6 Å². The fraction of sp³-hybridized carbons (Fsp3) is 0.381. The van der Waals surface area contributed by atoms with Crippen molar-refractivity contribution < 1.29 is 19.1 Å². The Bertz CT molecular complexity index is 891. The molecule has 0 bridgehead atoms. The summed E-state index contributed by atoms with van der Waals surface area (Å²) in [6.07, 6.45) is 2.00. The summed E-state index contributed by atoms with van der Waals surface area (Å²) in [4.78, 5) is 31.3. The number of carbonyl (C=O) groups is 2. The summed E-state index contributed by atoms with van der Waals surface area (Å²) < 4.78 is 10.6. The van der Waals surface area contributed by atoms with Crippen LogP contribution >= 0.6 is 0 Å². The van der Waals surface area contributed by atoms with Gasteiger partial charge in [-0.1, -0.05) is 19.1 Å². The van der Waals surface area contributed by atoms with Crippen molar-refractivity contribution in [1.29, 1.82) is 0 Å². The number of nitrogens with one attached hydrogen (secondary N) is 1. The van der Waals surface area contributed by atoms with Crippen LogP contribution in [-0.2, 0) is 6.54 Å². The minimum atomic E-state index is -0.320. The van der Waals surface area contributed by atoms with E-state index in [4.69, 9.17) is 9.47 Å². The molecular formula is C21H23N3O4. The van der Waals surface area contributed by atoms with E-state index < -0.39 is 0 Å². The zero-order valence-electron chi connectivity index (χ0n) is 15.8. The van der Waals surface area contributed by atoms with Gasteiger partial charge in [0.05, 0.1) is 0 Å². The SMILES string of the molecule is CC1CCN(C(=O)c2cccc(C(=O)NCc3ccc4c(c3)OCO4)n2)CC1. The summed E-state index contributed by atoms with van der Waals surface area (Å²) in [6.45, 7) is 4.22. The Hall–Kier alpha value is -3.09. The highest BCUT2D eigenvalue weighted by molar-refractivity contribution is 5.96. The number of ether oxygens (including phenoxy) is 2. The van der Waals surface area contributed by atoms with Crippen LogP contribution in [0.4, 0.5) is 0 Å². The van der Waals surface area contributed by atoms with Gasteiger partial charge < -0.3 is 19.7 Å². The number of rotatable bonds is 4. The third kappa shape index (κ3) is 3.93. The minimum absolute atomic E-state index is 0.114. The Kier molecular flexibility index (Phi) is 5.14. The van der Waals surface area contributed by atoms with Crippen LogP contribution in [-0.4, -0.2) is 41.6 Å². The lowest BCUT2D eigenvalue weighted by molar-refractivity contribution is 0.0691. The van der Waals surface area contributed by atoms with Crippen molar-refractivity contribution in [3.05, 3.63) is 53.3 Å². The molecule has 0 unspecified atom stereocenters. The van der Waals surface area contributed by atoms with Crippen LogP contribution in [0.2, 0.25) is 0 Å². The topological polar surface area (TPSA) is 80.8 Å². The van der Waals surface area contributed by atoms with Gasteiger partial charge in [0.1, 0.15) is 11.4 Å². The normalized spacial score (nSPS) is 16.1. The number of likely N-dealkylation sites (tertiary alicyclic amines) is 1. The summed E-state index contributed by atoms with van der Waals surface area (Å²) in [7, 11) is 0. The summed E-state index contributed by atoms with van der Waals surface area (Å²) in [6, 6.07) is 10.5. The average molecular weight is 381 g/mol. The molecule has 4 rings (SSSR count). The van der Waals surface area contributed by atoms with Crippen LogP contribution < -0.4 is 14.8 Å². The number of aromatic nitrogens is 1. The molecule has 1 fully saturated rings. The molecule has 0 atom stereocenters. The second kappa shape index (κ2) is 7.88. The van der Waals surface area contributed by atoms with E-state index in [1.807, 2.05) is 23.1 Å². The predicted molar refractivity (Wildman–Crippen MR) is 102 cm³/mol. The number of fused-ring (bicyclic) bond motifs is 1. The van der Waals surface area contributed by atoms with Crippen LogP contribution in [0.15, 0.2) is 36.4 Å². The molecule has 3 heterocycles. The second-order valence-electron chi connectivity index (χ2n) is 7.25. The molecule has 1 aromatic heterocycles. The maximum atomic E-state index is 12.7. The van der Waals surface area contributed by atoms with Crippen LogP contribution in [0.1, 0.15) is 46.3 Å². The highest BCUT2D eigenvalue weighted by Gasteiger charge is 2.23. The van der Waals surface area contributed by atoms with Crippen LogP contribution in [0, 0.1) is 5.92 Å². The van der Waals surface area contributed by atoms with E-state index in [0.29, 0.717) is 29.7 Å². The molecule has 2 amide bonds. The first-order valence-electron chi connectivity index (χ1n) is 9.53. The maximum Gasteiger partial charge on any atom is 0.272 e. The molecule has 1 aromatic carbocycles. The monoisotopic (exact) mass is 381 g/mol. The number of pyridine rings is 1. The standard InChI is InChI=1S/C21H23N3O4/c1-14-7-9-24(10-8-14)21(26)17-4-2-3-16(23-17)20(25)22-12-15-5-6-18-19(11-15)28-13-27-18/h2-6,11,14H,7-10,12-13H2,1H3,(H,22,25). The summed E-state index contributed by atoms with van der Waals surface area (Å²) in [5.74, 6) is 1.59. The Morgan fingerprint density at radius 1 is 1.11 bits per heavy atom. The van der Waals surface area contributed by atoms with Crippen LogP contribution in [0.5, 0.6) is 11.5 Å². The van der Waals surface area contributed by atoms with Crippen LogP contribution in [0.25, 0.3) is 0 Å². The van der Waals surface area contributed by atoms with Gasteiger partial charge in [0, 0.05) is 19.6 Å². The van der Waals surface area contributed by atoms with Crippen molar-refractivity contribution in [2.24, 2.45) is 5.92 Å². The highest BCUT2D eigenvalue weighted by atomic mass is 16.7. The van der Waals surface area contributed by atoms with E-state index >= 15 is 0 Å². The molecule has 0 radical (unpaired) electrons. The fourth-order valence-electron chi connectivity index (χ4n) is 3.38. The van der Waals surface area contributed by atoms with Gasteiger partial charge in [0.15, 0.2) is 11.5 Å². The third-order valence-corrected chi connectivity index (χ3v) is 5.16. The number of carbonyl (C=O) groups excluding carboxylic acids is 2. The Labute approximate surface area is 163 Å². The number of benzene rings is 1. The van der Waals surface area contributed by atoms with E-state index in [1.54, 1.807) is 18.2 Å². The Balaban J connectivity index is 1.39. The molecule has 1 N–H and O–H groups in total. The summed E-state index contributed by atoms with van der Waals surface area (Å²) in [5.41, 5.74) is 1.44. The molecular weight excluding hydrogens is 358 g/mol. The number of nitrogens with zero attached hydrogens (tertiary/aromatic N) is 2. The molecule has 0 spiro atoms. The number of amides is 2. The van der Waals surface area contributed by atoms with Gasteiger partial charge in [0.25, 0.3) is 11.8 Å². The zero-order chi connectivity index (χ0) is 19.5. The van der Waals surface area contributed by atoms with E-state index in [0.717, 1.165) is 31.5 Å². The predicted octanol–water partition coefficient (Wildman–Crippen LogP) is 2.61. The van der Waals surface area contributed by atoms with Gasteiger partial charge in [-0.3, -0.25) is 9.59 Å². The van der Waals surface area contributed by atoms with Gasteiger partial charge in [0.2, 0.25) is 6.79 Å². The summed E-state index contributed by atoms with van der Waals surface area (Å²) >= 11 is 0. The Morgan fingerprint density at radius 3 is 2.68 bits per heavy atom. The van der Waals surface area contributed by atoms with Crippen LogP contribution in [0.3, 0.4) is 0 Å². The van der Waals surface area contributed by atoms with Crippen molar-refractivity contribution in [2.45, 2.75) is 26.3 Å². The summed E-state index contributed by atoms with van der Waals surface area (Å²) in [5, 5.41) is 2.84. The highest BCUT2D eigenvalue weighted by Crippen LogP contribution is 2.32. The lowest BCUT2D eigenvalue weighted by atomic mass is 9.99. The van der Waals surface area contributed by atoms with E-state index in [2.05, 4.69) is 17.2 Å². The van der Waals surface area contributed by atoms with E-state index in [1.165, 1.54) is 0 Å². The molecule has 146 valence electrons. The number of hydrogen-bond donors (Lipinski definition) is 1. The van der Waals surface area contributed by atoms with Crippen molar-refractivity contribution in [1.82, 2.24) is 15.2 Å². The molecule has 1 saturated heterocycles. The van der Waals surface area contributed by atoms with E-state index in [-0.39, 0.29) is 24.3 Å². The molecule has 2 aromatic rings. The number of piperidine rings is 1. The molecule has 7 nitrogen and oxygen atoms in total. The lowest BCUT2D eigenvalue weighted by Gasteiger charge is -2.30. The van der Waals surface area contributed by atoms with Crippen molar-refractivity contribution >= 4 is 11.8 Å². The quantitative estimate of drug-likeness (QED) is 0.881. The van der Waals surface area contributed by atoms with Gasteiger partial charge >= 0.3 is 0 Å². The minimum Gasteiger partial charge on any atom is -0.454 e. The Morgan fingerprint density at radius 2 is 1.86 bits per heavy atom. The zero-order valence-corrected chi connectivity index (χ0v) is 15.8. The fourth-order valence-corrected chi connectivity index (χ4v) is 3.38. The van der Waals surface area contributed by atoms with Gasteiger partial charge in [-0.15, -0.1) is 0 Å². The lowest BCUT2D eigenvalue weighted by Crippen LogP contribution is -2.38. The number of hydrogen-bond acceptors (Lipinski definition) is 5. The smallest absolute Gasteiger partial charge is 0.272 e. The molecule has 7 heteroatoms. The maximum absolute atomic E-state index is 12.7. The van der Waals surface area contributed by atoms with Gasteiger partial charge in [-0.2, -0.15) is 0 Å². The van der Waals surface area contributed by atoms with Gasteiger partial charge in [-0.25, -0.2) is 4.98 Å². The first kappa shape index (κ1) is 18.3. The van der Waals surface area contributed by atoms with Crippen molar-refractivity contribution in [3.63, 3.8) is 0 Å². The molecule has 0 aliphatic carbocycles. The molecule has 2 aliphatic rings. The molecule has 0 saturated carbocycles. The molecule has 2 aliphatic heterocycles. The second-order valence-corrected chi connectivity index (χ2v) is 7.25. The average Bonchev–Trinajstić information content (AvgIpc) is 3.20. The van der Waals surface area contributed by atoms with Crippen molar-refractivity contribution in [2.75, 3.05) is 19.9 Å². The largest absolute Gasteiger partial charge is 0.454 e. The first-order chi connectivity index (χ1) is 13.6. The van der Waals surface area contributed by atoms with E-state index in [9.17, 15) is 9.59 Å². The van der Waals surface area contributed by atoms with Crippen molar-refractivity contribution in [3.8, 4) is 11.5 Å². The first-order valence-corrected chi connectivity index (χ1v) is 9.53. The third-order valence-electron chi connectivity index (χ3n) is 5.16. The molecule has 28 heavy (non-hydrogen) atoms.